The summed E-state index contributed by atoms with van der Waals surface area (Å²) in [5, 5.41) is 4.91. The molecular formula is C45H43FIrN4-2. The predicted octanol–water partition coefficient (Wildman–Crippen LogP) is 11.0. The first-order valence-electron chi connectivity index (χ1n) is 17.2. The fraction of sp³-hybridized carbons (Fsp3) is 0.244. The van der Waals surface area contributed by atoms with Crippen molar-refractivity contribution in [3.63, 3.8) is 0 Å². The minimum atomic E-state index is -0.285. The molecule has 51 heavy (non-hydrogen) atoms. The molecule has 0 fully saturated rings. The standard InChI is InChI=1S/C31H33N2.C14H10FN2.Ir/c1-19-11-20(2)14-24(13-19)23-9-10-28-27(17-23)30(5,6)31(7,8)29-26(18-32-33(28)29)25-15-21(3)12-22(4)16-25;1-17-13-5-3-2-4-12(13)16-14(17)10-6-8-11(15)9-7-10;/h9,11-18H,1-8H3;2-6,8-9H,1H3;/q2*-1;. The molecule has 0 saturated heterocycles. The SMILES string of the molecule is Cc1cc(C)cc(-c2c[c-]c3c(c2)C(C)(C)C(C)(C)c2c(-c4cc(C)cc(C)c4)cnn2-3)c1.Cn1c(-c2[c-]cc(F)cc2)nc2ccccc21.[Ir]. The van der Waals surface area contributed by atoms with Crippen LogP contribution in [0, 0.1) is 45.6 Å². The monoisotopic (exact) mass is 851 g/mol. The van der Waals surface area contributed by atoms with Gasteiger partial charge in [-0.15, -0.1) is 41.0 Å². The van der Waals surface area contributed by atoms with Crippen LogP contribution in [0.25, 0.3) is 50.4 Å². The van der Waals surface area contributed by atoms with Gasteiger partial charge in [-0.25, -0.2) is 0 Å². The third-order valence-corrected chi connectivity index (χ3v) is 10.6. The van der Waals surface area contributed by atoms with Gasteiger partial charge < -0.3 is 4.57 Å². The molecule has 0 amide bonds. The van der Waals surface area contributed by atoms with Gasteiger partial charge in [-0.3, -0.25) is 14.1 Å². The van der Waals surface area contributed by atoms with Crippen LogP contribution in [0.3, 0.4) is 0 Å². The minimum absolute atomic E-state index is 0. The van der Waals surface area contributed by atoms with E-state index >= 15 is 0 Å². The number of aromatic nitrogens is 4. The normalized spacial score (nSPS) is 13.8. The Kier molecular flexibility index (Phi) is 9.56. The zero-order valence-electron chi connectivity index (χ0n) is 30.7. The molecule has 7 aromatic rings. The maximum Gasteiger partial charge on any atom is 0.0770 e. The van der Waals surface area contributed by atoms with Gasteiger partial charge in [-0.05, 0) is 56.5 Å². The Morgan fingerprint density at radius 2 is 1.31 bits per heavy atom. The first kappa shape index (κ1) is 36.2. The van der Waals surface area contributed by atoms with Crippen LogP contribution in [-0.4, -0.2) is 19.3 Å². The number of fused-ring (bicyclic) bond motifs is 4. The summed E-state index contributed by atoms with van der Waals surface area (Å²) in [5.74, 6) is 0.513. The molecule has 4 nitrogen and oxygen atoms in total. The van der Waals surface area contributed by atoms with Crippen molar-refractivity contribution in [1.29, 1.82) is 0 Å². The smallest absolute Gasteiger partial charge is 0.0770 e. The Morgan fingerprint density at radius 1 is 0.686 bits per heavy atom. The second kappa shape index (κ2) is 13.5. The molecule has 0 spiro atoms. The van der Waals surface area contributed by atoms with E-state index < -0.39 is 0 Å². The van der Waals surface area contributed by atoms with Crippen LogP contribution in [0.2, 0.25) is 0 Å². The second-order valence-corrected chi connectivity index (χ2v) is 14.9. The van der Waals surface area contributed by atoms with E-state index in [1.54, 1.807) is 6.07 Å². The van der Waals surface area contributed by atoms with Crippen molar-refractivity contribution in [3.05, 3.63) is 149 Å². The molecule has 0 atom stereocenters. The van der Waals surface area contributed by atoms with Crippen LogP contribution < -0.4 is 0 Å². The first-order valence-corrected chi connectivity index (χ1v) is 17.2. The van der Waals surface area contributed by atoms with Crippen LogP contribution >= 0.6 is 0 Å². The summed E-state index contributed by atoms with van der Waals surface area (Å²) >= 11 is 0. The third-order valence-electron chi connectivity index (χ3n) is 10.6. The quantitative estimate of drug-likeness (QED) is 0.166. The number of rotatable bonds is 3. The van der Waals surface area contributed by atoms with E-state index in [9.17, 15) is 4.39 Å². The average Bonchev–Trinajstić information content (AvgIpc) is 3.66. The molecular weight excluding hydrogens is 808 g/mol. The average molecular weight is 851 g/mol. The molecule has 0 N–H and O–H groups in total. The Morgan fingerprint density at radius 3 is 1.92 bits per heavy atom. The van der Waals surface area contributed by atoms with Crippen molar-refractivity contribution in [2.24, 2.45) is 7.05 Å². The predicted molar refractivity (Wildman–Crippen MR) is 203 cm³/mol. The number of imidazole rings is 1. The number of hydrogen-bond acceptors (Lipinski definition) is 2. The number of halogens is 1. The maximum absolute atomic E-state index is 12.8. The zero-order chi connectivity index (χ0) is 35.5. The van der Waals surface area contributed by atoms with Crippen molar-refractivity contribution >= 4 is 11.0 Å². The van der Waals surface area contributed by atoms with Crippen molar-refractivity contribution in [3.8, 4) is 39.3 Å². The summed E-state index contributed by atoms with van der Waals surface area (Å²) in [6.45, 7) is 18.1. The van der Waals surface area contributed by atoms with E-state index in [0.29, 0.717) is 0 Å². The van der Waals surface area contributed by atoms with Gasteiger partial charge in [0.05, 0.1) is 28.7 Å². The molecule has 261 valence electrons. The summed E-state index contributed by atoms with van der Waals surface area (Å²) in [6.07, 6.45) is 2.04. The largest absolute Gasteiger partial charge is 0.367 e. The molecule has 6 heteroatoms. The van der Waals surface area contributed by atoms with Gasteiger partial charge in [-0.2, -0.15) is 23.3 Å². The van der Waals surface area contributed by atoms with Crippen molar-refractivity contribution in [1.82, 2.24) is 19.3 Å². The molecule has 1 aliphatic rings. The molecule has 2 aromatic heterocycles. The van der Waals surface area contributed by atoms with Crippen molar-refractivity contribution in [2.45, 2.75) is 66.2 Å². The number of nitrogens with zero attached hydrogens (tertiary/aromatic N) is 4. The van der Waals surface area contributed by atoms with Gasteiger partial charge in [0.15, 0.2) is 0 Å². The molecule has 0 saturated carbocycles. The van der Waals surface area contributed by atoms with E-state index in [4.69, 9.17) is 5.10 Å². The van der Waals surface area contributed by atoms with Gasteiger partial charge in [0, 0.05) is 43.9 Å². The van der Waals surface area contributed by atoms with Gasteiger partial charge >= 0.3 is 0 Å². The summed E-state index contributed by atoms with van der Waals surface area (Å²) in [6, 6.07) is 36.9. The van der Waals surface area contributed by atoms with Crippen molar-refractivity contribution < 1.29 is 24.5 Å². The maximum atomic E-state index is 12.8. The number of hydrogen-bond donors (Lipinski definition) is 0. The van der Waals surface area contributed by atoms with E-state index in [1.165, 1.54) is 67.9 Å². The van der Waals surface area contributed by atoms with Crippen LogP contribution in [0.15, 0.2) is 97.2 Å². The number of aryl methyl sites for hydroxylation is 5. The zero-order valence-corrected chi connectivity index (χ0v) is 33.1. The minimum Gasteiger partial charge on any atom is -0.367 e. The van der Waals surface area contributed by atoms with Gasteiger partial charge in [0.25, 0.3) is 0 Å². The topological polar surface area (TPSA) is 35.6 Å². The van der Waals surface area contributed by atoms with Crippen molar-refractivity contribution in [2.75, 3.05) is 0 Å². The summed E-state index contributed by atoms with van der Waals surface area (Å²) in [5.41, 5.74) is 16.3. The summed E-state index contributed by atoms with van der Waals surface area (Å²) < 4.78 is 17.0. The Labute approximate surface area is 314 Å². The van der Waals surface area contributed by atoms with E-state index in [-0.39, 0.29) is 36.8 Å². The fourth-order valence-electron chi connectivity index (χ4n) is 7.47. The molecule has 0 bridgehead atoms. The summed E-state index contributed by atoms with van der Waals surface area (Å²) in [7, 11) is 1.95. The van der Waals surface area contributed by atoms with Gasteiger partial charge in [0.1, 0.15) is 0 Å². The molecule has 1 aliphatic heterocycles. The van der Waals surface area contributed by atoms with E-state index in [1.807, 2.05) is 42.1 Å². The molecule has 1 radical (unpaired) electrons. The summed E-state index contributed by atoms with van der Waals surface area (Å²) in [4.78, 5) is 4.52. The van der Waals surface area contributed by atoms with Gasteiger partial charge in [0.2, 0.25) is 0 Å². The molecule has 0 aliphatic carbocycles. The second-order valence-electron chi connectivity index (χ2n) is 14.9. The van der Waals surface area contributed by atoms with Crippen LogP contribution in [0.1, 0.15) is 61.2 Å². The molecule has 3 heterocycles. The number of benzene rings is 5. The fourth-order valence-corrected chi connectivity index (χ4v) is 7.47. The Hall–Kier alpha value is -4.64. The van der Waals surface area contributed by atoms with Gasteiger partial charge in [-0.1, -0.05) is 104 Å². The molecule has 8 rings (SSSR count). The van der Waals surface area contributed by atoms with E-state index in [2.05, 4.69) is 126 Å². The first-order chi connectivity index (χ1) is 23.7. The third kappa shape index (κ3) is 6.41. The van der Waals surface area contributed by atoms with Crippen LogP contribution in [-0.2, 0) is 38.0 Å². The van der Waals surface area contributed by atoms with Crippen LogP contribution in [0.5, 0.6) is 0 Å². The molecule has 5 aromatic carbocycles. The Bertz CT molecular complexity index is 2350. The molecule has 0 unspecified atom stereocenters. The van der Waals surface area contributed by atoms with E-state index in [0.717, 1.165) is 28.1 Å². The number of para-hydroxylation sites is 2. The van der Waals surface area contributed by atoms with Crippen LogP contribution in [0.4, 0.5) is 4.39 Å². The Balaban J connectivity index is 0.000000209.